The van der Waals surface area contributed by atoms with Gasteiger partial charge >= 0.3 is 0 Å². The monoisotopic (exact) mass is 528 g/mol. The molecule has 0 bridgehead atoms. The third-order valence-electron chi connectivity index (χ3n) is 13.1. The van der Waals surface area contributed by atoms with Crippen LogP contribution in [0.2, 0.25) is 0 Å². The van der Waals surface area contributed by atoms with E-state index >= 15 is 0 Å². The topological polar surface area (TPSA) is 153 Å². The summed E-state index contributed by atoms with van der Waals surface area (Å²) in [7, 11) is 0. The second-order valence-electron chi connectivity index (χ2n) is 15.6. The molecule has 12 atom stereocenters. The number of hydrogen-bond acceptors (Lipinski definition) is 5. The lowest BCUT2D eigenvalue weighted by Crippen LogP contribution is -2.69. The van der Waals surface area contributed by atoms with E-state index in [-0.39, 0.29) is 62.1 Å². The van der Waals surface area contributed by atoms with Crippen molar-refractivity contribution in [1.29, 1.82) is 0 Å². The third-order valence-corrected chi connectivity index (χ3v) is 13.1. The molecule has 5 rings (SSSR count). The number of aliphatic hydroxyl groups is 4. The average Bonchev–Trinajstić information content (AvgIpc) is 3.30. The van der Waals surface area contributed by atoms with Crippen LogP contribution < -0.4 is 0 Å². The molecule has 1 saturated heterocycles. The molecular formula is C30H56O7. The first-order valence-corrected chi connectivity index (χ1v) is 14.4. The smallest absolute Gasteiger partial charge is 0.0865 e. The molecule has 8 N–H and O–H groups in total. The van der Waals surface area contributed by atoms with E-state index in [4.69, 9.17) is 4.74 Å². The predicted molar refractivity (Wildman–Crippen MR) is 144 cm³/mol. The minimum atomic E-state index is -0.864. The summed E-state index contributed by atoms with van der Waals surface area (Å²) in [5.74, 6) is 0.722. The predicted octanol–water partition coefficient (Wildman–Crippen LogP) is 3.03. The van der Waals surface area contributed by atoms with Gasteiger partial charge in [0.25, 0.3) is 0 Å². The minimum Gasteiger partial charge on any atom is -0.412 e. The fourth-order valence-corrected chi connectivity index (χ4v) is 11.3. The zero-order valence-corrected chi connectivity index (χ0v) is 24.5. The number of hydrogen-bond donors (Lipinski definition) is 4. The van der Waals surface area contributed by atoms with Crippen LogP contribution in [0.1, 0.15) is 107 Å². The summed E-state index contributed by atoms with van der Waals surface area (Å²) in [4.78, 5) is 0. The second kappa shape index (κ2) is 9.12. The molecule has 7 heteroatoms. The molecular weight excluding hydrogens is 472 g/mol. The molecule has 0 aromatic heterocycles. The Morgan fingerprint density at radius 2 is 1.41 bits per heavy atom. The van der Waals surface area contributed by atoms with E-state index in [9.17, 15) is 20.4 Å². The van der Waals surface area contributed by atoms with Gasteiger partial charge in [-0.15, -0.1) is 0 Å². The summed E-state index contributed by atoms with van der Waals surface area (Å²) < 4.78 is 6.64. The Labute approximate surface area is 224 Å². The Morgan fingerprint density at radius 3 is 1.97 bits per heavy atom. The molecule has 0 aromatic rings. The average molecular weight is 529 g/mol. The normalized spacial score (nSPS) is 54.8. The maximum atomic E-state index is 11.9. The van der Waals surface area contributed by atoms with Crippen LogP contribution in [0.15, 0.2) is 0 Å². The molecule has 0 radical (unpaired) electrons. The van der Waals surface area contributed by atoms with Gasteiger partial charge < -0.3 is 36.1 Å². The van der Waals surface area contributed by atoms with Gasteiger partial charge in [-0.1, -0.05) is 34.6 Å². The van der Waals surface area contributed by atoms with Crippen molar-refractivity contribution >= 4 is 0 Å². The number of aliphatic hydroxyl groups excluding tert-OH is 3. The molecule has 5 fully saturated rings. The van der Waals surface area contributed by atoms with Gasteiger partial charge in [-0.25, -0.2) is 0 Å². The van der Waals surface area contributed by atoms with Crippen LogP contribution in [0.3, 0.4) is 0 Å². The highest BCUT2D eigenvalue weighted by molar-refractivity contribution is 5.22. The first-order valence-electron chi connectivity index (χ1n) is 14.4. The maximum Gasteiger partial charge on any atom is 0.0865 e. The van der Waals surface area contributed by atoms with E-state index < -0.39 is 23.9 Å². The van der Waals surface area contributed by atoms with Crippen LogP contribution in [0.4, 0.5) is 0 Å². The molecule has 0 amide bonds. The fraction of sp³-hybridized carbons (Fsp3) is 1.00. The van der Waals surface area contributed by atoms with Gasteiger partial charge in [-0.05, 0) is 117 Å². The summed E-state index contributed by atoms with van der Waals surface area (Å²) in [5, 5.41) is 45.2. The lowest BCUT2D eigenvalue weighted by atomic mass is 9.34. The van der Waals surface area contributed by atoms with Crippen molar-refractivity contribution in [3.8, 4) is 0 Å². The summed E-state index contributed by atoms with van der Waals surface area (Å²) in [6, 6.07) is 0. The van der Waals surface area contributed by atoms with E-state index in [2.05, 4.69) is 41.5 Å². The highest BCUT2D eigenvalue weighted by Crippen LogP contribution is 2.76. The van der Waals surface area contributed by atoms with Crippen molar-refractivity contribution in [1.82, 2.24) is 0 Å². The first-order chi connectivity index (χ1) is 15.9. The van der Waals surface area contributed by atoms with Crippen LogP contribution in [0, 0.1) is 45.3 Å². The highest BCUT2D eigenvalue weighted by atomic mass is 16.5. The fourth-order valence-electron chi connectivity index (χ4n) is 11.3. The molecule has 5 aliphatic rings. The van der Waals surface area contributed by atoms with Crippen molar-refractivity contribution in [3.05, 3.63) is 0 Å². The zero-order valence-electron chi connectivity index (χ0n) is 24.5. The van der Waals surface area contributed by atoms with Gasteiger partial charge in [0.1, 0.15) is 0 Å². The molecule has 4 aliphatic carbocycles. The lowest BCUT2D eigenvalue weighted by Gasteiger charge is -2.71. The van der Waals surface area contributed by atoms with Gasteiger partial charge in [0.15, 0.2) is 0 Å². The Morgan fingerprint density at radius 1 is 0.784 bits per heavy atom. The molecule has 4 saturated carbocycles. The standard InChI is InChI=1S/C30H52O5.2H2O/c1-25(2)21(33)10-12-27(5)20-15-18(31)23-17(30(8)14-11-22(35-30)26(3,4)34)9-13-28(23,6)29(20,7)16-19(32)24(25)27;;/h17-24,31-34H,9-16H2,1-8H3;2*1H2/t17-,18+,19-,20+,21-,22+,23-,24-,27+,28+,29+,30-;;/m1../s1. The molecule has 1 heterocycles. The molecule has 0 spiro atoms. The third kappa shape index (κ3) is 4.00. The van der Waals surface area contributed by atoms with Crippen molar-refractivity contribution in [2.75, 3.05) is 0 Å². The molecule has 7 nitrogen and oxygen atoms in total. The largest absolute Gasteiger partial charge is 0.412 e. The summed E-state index contributed by atoms with van der Waals surface area (Å²) in [5.41, 5.74) is -1.83. The van der Waals surface area contributed by atoms with E-state index in [1.807, 2.05) is 13.8 Å². The number of ether oxygens (including phenoxy) is 1. The lowest BCUT2D eigenvalue weighted by molar-refractivity contribution is -0.275. The van der Waals surface area contributed by atoms with E-state index in [1.54, 1.807) is 0 Å². The van der Waals surface area contributed by atoms with Crippen LogP contribution in [0.25, 0.3) is 0 Å². The van der Waals surface area contributed by atoms with Crippen LogP contribution in [0.5, 0.6) is 0 Å². The SMILES string of the molecule is CC(C)(O)[C@@H]1CC[C@](C)([C@@H]2CC[C@@]3(C)[C@H]2[C@@H](O)C[C@H]2[C@]4(C)CC[C@@H](O)C(C)(C)[C@H]4[C@H](O)C[C@@]23C)O1.O.O. The highest BCUT2D eigenvalue weighted by Gasteiger charge is 2.73. The maximum absolute atomic E-state index is 11.9. The van der Waals surface area contributed by atoms with Crippen molar-refractivity contribution < 1.29 is 36.1 Å². The van der Waals surface area contributed by atoms with Gasteiger partial charge in [-0.3, -0.25) is 0 Å². The van der Waals surface area contributed by atoms with Gasteiger partial charge in [0.05, 0.1) is 35.6 Å². The summed E-state index contributed by atoms with van der Waals surface area (Å²) >= 11 is 0. The Bertz CT molecular complexity index is 855. The first kappa shape index (κ1) is 31.3. The van der Waals surface area contributed by atoms with Crippen LogP contribution in [-0.2, 0) is 4.74 Å². The molecule has 1 aliphatic heterocycles. The van der Waals surface area contributed by atoms with Crippen LogP contribution >= 0.6 is 0 Å². The van der Waals surface area contributed by atoms with E-state index in [0.29, 0.717) is 5.92 Å². The molecule has 0 aromatic carbocycles. The number of rotatable bonds is 2. The van der Waals surface area contributed by atoms with Crippen molar-refractivity contribution in [3.63, 3.8) is 0 Å². The van der Waals surface area contributed by atoms with Gasteiger partial charge in [0.2, 0.25) is 0 Å². The molecule has 37 heavy (non-hydrogen) atoms. The Balaban J connectivity index is 0.00000190. The van der Waals surface area contributed by atoms with E-state index in [1.165, 1.54) is 0 Å². The van der Waals surface area contributed by atoms with Crippen molar-refractivity contribution in [2.45, 2.75) is 142 Å². The van der Waals surface area contributed by atoms with Gasteiger partial charge in [0, 0.05) is 0 Å². The molecule has 218 valence electrons. The summed E-state index contributed by atoms with van der Waals surface area (Å²) in [6.07, 6.45) is 5.61. The zero-order chi connectivity index (χ0) is 26.0. The van der Waals surface area contributed by atoms with Gasteiger partial charge in [-0.2, -0.15) is 0 Å². The van der Waals surface area contributed by atoms with E-state index in [0.717, 1.165) is 51.4 Å². The quantitative estimate of drug-likeness (QED) is 0.434. The number of fused-ring (bicyclic) bond motifs is 5. The minimum absolute atomic E-state index is 0. The van der Waals surface area contributed by atoms with Crippen LogP contribution in [-0.4, -0.2) is 67.0 Å². The Kier molecular flexibility index (Phi) is 7.70. The summed E-state index contributed by atoms with van der Waals surface area (Å²) in [6.45, 7) is 17.3. The van der Waals surface area contributed by atoms with Crippen molar-refractivity contribution in [2.24, 2.45) is 45.3 Å². The second-order valence-corrected chi connectivity index (χ2v) is 15.6. The Hall–Kier alpha value is -0.280. The molecule has 0 unspecified atom stereocenters.